The summed E-state index contributed by atoms with van der Waals surface area (Å²) in [6, 6.07) is 17.3. The highest BCUT2D eigenvalue weighted by Gasteiger charge is 2.14. The van der Waals surface area contributed by atoms with Crippen LogP contribution < -0.4 is 0 Å². The van der Waals surface area contributed by atoms with Crippen molar-refractivity contribution in [2.24, 2.45) is 0 Å². The number of hydrogen-bond donors (Lipinski definition) is 3. The van der Waals surface area contributed by atoms with Crippen molar-refractivity contribution in [1.82, 2.24) is 4.98 Å². The van der Waals surface area contributed by atoms with Crippen LogP contribution in [-0.4, -0.2) is 20.3 Å². The van der Waals surface area contributed by atoms with Gasteiger partial charge in [0, 0.05) is 22.4 Å². The second kappa shape index (κ2) is 4.88. The number of para-hydroxylation sites is 2. The number of hydrogen-bond acceptors (Lipinski definition) is 4. The number of aromatic nitrogens is 1. The van der Waals surface area contributed by atoms with Crippen molar-refractivity contribution in [2.75, 3.05) is 0 Å². The van der Waals surface area contributed by atoms with Gasteiger partial charge in [-0.05, 0) is 29.8 Å². The van der Waals surface area contributed by atoms with E-state index in [0.29, 0.717) is 11.1 Å². The molecule has 0 atom stereocenters. The van der Waals surface area contributed by atoms with Gasteiger partial charge in [-0.1, -0.05) is 30.3 Å². The first kappa shape index (κ1) is 13.4. The Balaban J connectivity index is 2.23. The van der Waals surface area contributed by atoms with Gasteiger partial charge in [0.15, 0.2) is 0 Å². The number of pyridine rings is 1. The minimum absolute atomic E-state index is 0.0193. The highest BCUT2D eigenvalue weighted by Crippen LogP contribution is 2.39. The SMILES string of the molecule is Oc1cc(O)cc(-c2c3ccccc3nc3c(O)cccc23)c1. The van der Waals surface area contributed by atoms with Gasteiger partial charge in [-0.2, -0.15) is 0 Å². The second-order valence-electron chi connectivity index (χ2n) is 5.42. The molecule has 1 aromatic heterocycles. The van der Waals surface area contributed by atoms with Gasteiger partial charge in [0.05, 0.1) is 5.52 Å². The summed E-state index contributed by atoms with van der Waals surface area (Å²) in [6.07, 6.45) is 0. The number of fused-ring (bicyclic) bond motifs is 2. The first-order chi connectivity index (χ1) is 11.1. The molecule has 4 aromatic rings. The zero-order valence-corrected chi connectivity index (χ0v) is 12.1. The van der Waals surface area contributed by atoms with Gasteiger partial charge >= 0.3 is 0 Å². The van der Waals surface area contributed by atoms with Crippen molar-refractivity contribution in [2.45, 2.75) is 0 Å². The van der Waals surface area contributed by atoms with Crippen molar-refractivity contribution >= 4 is 21.8 Å². The number of rotatable bonds is 1. The number of nitrogens with zero attached hydrogens (tertiary/aromatic N) is 1. The van der Waals surface area contributed by atoms with E-state index in [2.05, 4.69) is 4.98 Å². The van der Waals surface area contributed by atoms with Gasteiger partial charge in [-0.3, -0.25) is 0 Å². The average Bonchev–Trinajstić information content (AvgIpc) is 2.52. The molecule has 0 saturated heterocycles. The molecule has 112 valence electrons. The lowest BCUT2D eigenvalue weighted by Crippen LogP contribution is -1.89. The molecule has 0 aliphatic heterocycles. The van der Waals surface area contributed by atoms with Crippen LogP contribution in [0.3, 0.4) is 0 Å². The molecule has 0 amide bonds. The maximum atomic E-state index is 10.1. The summed E-state index contributed by atoms with van der Waals surface area (Å²) in [4.78, 5) is 4.53. The van der Waals surface area contributed by atoms with Gasteiger partial charge in [0.1, 0.15) is 22.8 Å². The van der Waals surface area contributed by atoms with E-state index in [9.17, 15) is 15.3 Å². The molecule has 0 aliphatic carbocycles. The van der Waals surface area contributed by atoms with E-state index in [1.807, 2.05) is 30.3 Å². The molecular weight excluding hydrogens is 290 g/mol. The second-order valence-corrected chi connectivity index (χ2v) is 5.42. The molecule has 0 saturated carbocycles. The zero-order chi connectivity index (χ0) is 16.0. The quantitative estimate of drug-likeness (QED) is 0.461. The Morgan fingerprint density at radius 3 is 2.17 bits per heavy atom. The van der Waals surface area contributed by atoms with Crippen LogP contribution in [0.15, 0.2) is 60.7 Å². The number of phenolic OH excluding ortho intramolecular Hbond substituents is 3. The summed E-state index contributed by atoms with van der Waals surface area (Å²) in [5, 5.41) is 31.5. The molecule has 1 heterocycles. The summed E-state index contributed by atoms with van der Waals surface area (Å²) in [7, 11) is 0. The Kier molecular flexibility index (Phi) is 2.84. The number of phenols is 3. The van der Waals surface area contributed by atoms with Crippen LogP contribution in [0.4, 0.5) is 0 Å². The largest absolute Gasteiger partial charge is 0.508 e. The minimum Gasteiger partial charge on any atom is -0.508 e. The maximum absolute atomic E-state index is 10.1. The Morgan fingerprint density at radius 2 is 1.39 bits per heavy atom. The fourth-order valence-corrected chi connectivity index (χ4v) is 2.95. The first-order valence-electron chi connectivity index (χ1n) is 7.17. The highest BCUT2D eigenvalue weighted by molar-refractivity contribution is 6.10. The van der Waals surface area contributed by atoms with Crippen molar-refractivity contribution in [3.05, 3.63) is 60.7 Å². The van der Waals surface area contributed by atoms with Gasteiger partial charge < -0.3 is 15.3 Å². The van der Waals surface area contributed by atoms with Gasteiger partial charge in [-0.25, -0.2) is 4.98 Å². The Bertz CT molecular complexity index is 1040. The van der Waals surface area contributed by atoms with E-state index in [4.69, 9.17) is 0 Å². The van der Waals surface area contributed by atoms with Crippen LogP contribution in [0.1, 0.15) is 0 Å². The molecule has 0 unspecified atom stereocenters. The Labute approximate surface area is 131 Å². The third-order valence-electron chi connectivity index (χ3n) is 3.88. The zero-order valence-electron chi connectivity index (χ0n) is 12.1. The van der Waals surface area contributed by atoms with Crippen LogP contribution in [0.5, 0.6) is 17.2 Å². The fourth-order valence-electron chi connectivity index (χ4n) is 2.95. The summed E-state index contributed by atoms with van der Waals surface area (Å²) >= 11 is 0. The van der Waals surface area contributed by atoms with Gasteiger partial charge in [-0.15, -0.1) is 0 Å². The van der Waals surface area contributed by atoms with E-state index in [0.717, 1.165) is 21.9 Å². The molecule has 4 rings (SSSR count). The molecule has 3 aromatic carbocycles. The van der Waals surface area contributed by atoms with Crippen LogP contribution in [0, 0.1) is 0 Å². The van der Waals surface area contributed by atoms with Crippen LogP contribution in [0.2, 0.25) is 0 Å². The fraction of sp³-hybridized carbons (Fsp3) is 0. The van der Waals surface area contributed by atoms with E-state index < -0.39 is 0 Å². The molecule has 0 radical (unpaired) electrons. The van der Waals surface area contributed by atoms with Crippen LogP contribution >= 0.6 is 0 Å². The average molecular weight is 303 g/mol. The van der Waals surface area contributed by atoms with Crippen LogP contribution in [-0.2, 0) is 0 Å². The number of aromatic hydroxyl groups is 3. The molecule has 0 bridgehead atoms. The summed E-state index contributed by atoms with van der Waals surface area (Å²) in [5.74, 6) is 0.0577. The van der Waals surface area contributed by atoms with Crippen molar-refractivity contribution in [3.8, 4) is 28.4 Å². The molecule has 23 heavy (non-hydrogen) atoms. The summed E-state index contributed by atoms with van der Waals surface area (Å²) < 4.78 is 0. The normalized spacial score (nSPS) is 11.1. The van der Waals surface area contributed by atoms with E-state index in [-0.39, 0.29) is 17.2 Å². The third-order valence-corrected chi connectivity index (χ3v) is 3.88. The predicted molar refractivity (Wildman–Crippen MR) is 89.7 cm³/mol. The minimum atomic E-state index is -0.0193. The van der Waals surface area contributed by atoms with Crippen molar-refractivity contribution < 1.29 is 15.3 Å². The van der Waals surface area contributed by atoms with Gasteiger partial charge in [0.2, 0.25) is 0 Å². The molecule has 4 heteroatoms. The Hall–Kier alpha value is -3.27. The lowest BCUT2D eigenvalue weighted by Gasteiger charge is -2.12. The van der Waals surface area contributed by atoms with Crippen molar-refractivity contribution in [1.29, 1.82) is 0 Å². The predicted octanol–water partition coefficient (Wildman–Crippen LogP) is 4.17. The van der Waals surface area contributed by atoms with Crippen molar-refractivity contribution in [3.63, 3.8) is 0 Å². The third kappa shape index (κ3) is 2.12. The standard InChI is InChI=1S/C19H13NO3/c21-12-8-11(9-13(22)10-12)18-14-4-1-2-6-16(14)20-19-15(18)5-3-7-17(19)23/h1-10,21-23H. The van der Waals surface area contributed by atoms with Crippen LogP contribution in [0.25, 0.3) is 32.9 Å². The highest BCUT2D eigenvalue weighted by atomic mass is 16.3. The molecule has 0 fully saturated rings. The lowest BCUT2D eigenvalue weighted by molar-refractivity contribution is 0.451. The smallest absolute Gasteiger partial charge is 0.141 e. The first-order valence-corrected chi connectivity index (χ1v) is 7.17. The maximum Gasteiger partial charge on any atom is 0.141 e. The number of benzene rings is 3. The van der Waals surface area contributed by atoms with E-state index in [1.165, 1.54) is 6.07 Å². The topological polar surface area (TPSA) is 73.6 Å². The summed E-state index contributed by atoms with van der Waals surface area (Å²) in [5.41, 5.74) is 2.70. The summed E-state index contributed by atoms with van der Waals surface area (Å²) in [6.45, 7) is 0. The van der Waals surface area contributed by atoms with E-state index in [1.54, 1.807) is 24.3 Å². The molecule has 0 aliphatic rings. The molecular formula is C19H13NO3. The van der Waals surface area contributed by atoms with E-state index >= 15 is 0 Å². The molecule has 3 N–H and O–H groups in total. The molecule has 0 spiro atoms. The lowest BCUT2D eigenvalue weighted by atomic mass is 9.95. The van der Waals surface area contributed by atoms with Gasteiger partial charge in [0.25, 0.3) is 0 Å². The monoisotopic (exact) mass is 303 g/mol. The Morgan fingerprint density at radius 1 is 0.696 bits per heavy atom. The molecule has 4 nitrogen and oxygen atoms in total.